The summed E-state index contributed by atoms with van der Waals surface area (Å²) in [6, 6.07) is 9.11. The molecule has 0 aliphatic heterocycles. The van der Waals surface area contributed by atoms with E-state index in [-0.39, 0.29) is 21.0 Å². The van der Waals surface area contributed by atoms with E-state index in [1.807, 2.05) is 0 Å². The van der Waals surface area contributed by atoms with Gasteiger partial charge in [0.1, 0.15) is 0 Å². The second-order valence-corrected chi connectivity index (χ2v) is 5.53. The molecule has 0 radical (unpaired) electrons. The number of fused-ring (bicyclic) bond motifs is 1. The molecule has 1 heterocycles. The molecule has 4 nitrogen and oxygen atoms in total. The lowest BCUT2D eigenvalue weighted by atomic mass is 10.2. The van der Waals surface area contributed by atoms with Crippen molar-refractivity contribution in [3.63, 3.8) is 0 Å². The summed E-state index contributed by atoms with van der Waals surface area (Å²) in [5.41, 5.74) is -0.262. The van der Waals surface area contributed by atoms with Crippen molar-refractivity contribution in [2.24, 2.45) is 0 Å². The molecule has 2 aromatic carbocycles. The van der Waals surface area contributed by atoms with Gasteiger partial charge in [-0.2, -0.15) is 0 Å². The van der Waals surface area contributed by atoms with Gasteiger partial charge < -0.3 is 4.42 Å². The lowest BCUT2D eigenvalue weighted by Crippen LogP contribution is -2.31. The molecule has 0 spiro atoms. The van der Waals surface area contributed by atoms with E-state index in [1.165, 1.54) is 18.2 Å². The van der Waals surface area contributed by atoms with Gasteiger partial charge in [0.2, 0.25) is 0 Å². The molecular weight excluding hydrogens is 337 g/mol. The van der Waals surface area contributed by atoms with Crippen LogP contribution in [0, 0.1) is 0 Å². The summed E-state index contributed by atoms with van der Waals surface area (Å²) in [4.78, 5) is 24.6. The lowest BCUT2D eigenvalue weighted by molar-refractivity contribution is 0.504. The van der Waals surface area contributed by atoms with E-state index < -0.39 is 11.3 Å². The van der Waals surface area contributed by atoms with E-state index in [4.69, 9.17) is 39.2 Å². The predicted molar refractivity (Wildman–Crippen MR) is 83.1 cm³/mol. The Bertz CT molecular complexity index is 975. The van der Waals surface area contributed by atoms with E-state index in [0.29, 0.717) is 10.7 Å². The third-order valence-electron chi connectivity index (χ3n) is 2.88. The Morgan fingerprint density at radius 1 is 0.952 bits per heavy atom. The average molecular weight is 343 g/mol. The number of hydrogen-bond acceptors (Lipinski definition) is 3. The molecule has 0 saturated carbocycles. The smallest absolute Gasteiger partial charge is 0.407 e. The minimum atomic E-state index is -0.848. The summed E-state index contributed by atoms with van der Waals surface area (Å²) in [6.45, 7) is 0. The predicted octanol–water partition coefficient (Wildman–Crippen LogP) is 3.90. The summed E-state index contributed by atoms with van der Waals surface area (Å²) in [5, 5.41) is 0.885. The van der Waals surface area contributed by atoms with Crippen LogP contribution in [0.3, 0.4) is 0 Å². The van der Waals surface area contributed by atoms with E-state index in [0.717, 1.165) is 4.57 Å². The molecule has 3 rings (SSSR count). The third-order valence-corrected chi connectivity index (χ3v) is 3.61. The highest BCUT2D eigenvalue weighted by Gasteiger charge is 2.14. The van der Waals surface area contributed by atoms with Gasteiger partial charge in [-0.05, 0) is 30.3 Å². The highest BCUT2D eigenvalue weighted by atomic mass is 35.5. The van der Waals surface area contributed by atoms with Crippen LogP contribution in [0.4, 0.5) is 0 Å². The number of hydrogen-bond donors (Lipinski definition) is 0. The molecule has 106 valence electrons. The molecule has 0 N–H and O–H groups in total. The molecule has 7 heteroatoms. The van der Waals surface area contributed by atoms with Gasteiger partial charge in [0.15, 0.2) is 5.58 Å². The SMILES string of the molecule is O=c1oc2c(Cl)cc(Cl)cc2c(=O)n1-c1cccc(Cl)c1. The van der Waals surface area contributed by atoms with E-state index in [9.17, 15) is 9.59 Å². The van der Waals surface area contributed by atoms with Crippen LogP contribution >= 0.6 is 34.8 Å². The lowest BCUT2D eigenvalue weighted by Gasteiger charge is -2.06. The topological polar surface area (TPSA) is 52.2 Å². The van der Waals surface area contributed by atoms with Crippen LogP contribution < -0.4 is 11.3 Å². The van der Waals surface area contributed by atoms with Gasteiger partial charge >= 0.3 is 5.76 Å². The number of rotatable bonds is 1. The molecule has 0 aliphatic carbocycles. The fourth-order valence-electron chi connectivity index (χ4n) is 2.00. The van der Waals surface area contributed by atoms with Gasteiger partial charge in [0.05, 0.1) is 16.1 Å². The molecule has 0 bridgehead atoms. The van der Waals surface area contributed by atoms with Gasteiger partial charge in [0.25, 0.3) is 5.56 Å². The van der Waals surface area contributed by atoms with Crippen molar-refractivity contribution >= 4 is 45.8 Å². The third kappa shape index (κ3) is 2.46. The summed E-state index contributed by atoms with van der Waals surface area (Å²) >= 11 is 17.7. The zero-order valence-corrected chi connectivity index (χ0v) is 12.5. The summed E-state index contributed by atoms with van der Waals surface area (Å²) < 4.78 is 6.00. The van der Waals surface area contributed by atoms with Crippen molar-refractivity contribution < 1.29 is 4.42 Å². The summed E-state index contributed by atoms with van der Waals surface area (Å²) in [5.74, 6) is -0.848. The number of aromatic nitrogens is 1. The standard InChI is InChI=1S/C14H6Cl3NO3/c15-7-2-1-3-9(4-7)18-13(19)10-5-8(16)6-11(17)12(10)21-14(18)20/h1-6H. The van der Waals surface area contributed by atoms with Crippen molar-refractivity contribution in [1.29, 1.82) is 0 Å². The molecule has 21 heavy (non-hydrogen) atoms. The van der Waals surface area contributed by atoms with Gasteiger partial charge in [-0.15, -0.1) is 0 Å². The molecule has 3 aromatic rings. The first-order valence-corrected chi connectivity index (χ1v) is 6.91. The summed E-state index contributed by atoms with van der Waals surface area (Å²) in [6.07, 6.45) is 0. The van der Waals surface area contributed by atoms with Crippen molar-refractivity contribution in [3.05, 3.63) is 72.4 Å². The largest absolute Gasteiger partial charge is 0.427 e. The normalized spacial score (nSPS) is 11.0. The van der Waals surface area contributed by atoms with E-state index in [2.05, 4.69) is 0 Å². The quantitative estimate of drug-likeness (QED) is 0.674. The van der Waals surface area contributed by atoms with Crippen LogP contribution in [-0.4, -0.2) is 4.57 Å². The first kappa shape index (κ1) is 14.2. The molecule has 0 amide bonds. The molecule has 0 atom stereocenters. The van der Waals surface area contributed by atoms with Gasteiger partial charge in [0, 0.05) is 10.0 Å². The zero-order valence-electron chi connectivity index (χ0n) is 10.3. The van der Waals surface area contributed by atoms with Crippen LogP contribution in [0.1, 0.15) is 0 Å². The van der Waals surface area contributed by atoms with E-state index in [1.54, 1.807) is 18.2 Å². The fourth-order valence-corrected chi connectivity index (χ4v) is 2.71. The summed E-state index contributed by atoms with van der Waals surface area (Å²) in [7, 11) is 0. The fraction of sp³-hybridized carbons (Fsp3) is 0. The Morgan fingerprint density at radius 2 is 1.71 bits per heavy atom. The molecule has 0 saturated heterocycles. The highest BCUT2D eigenvalue weighted by molar-refractivity contribution is 6.38. The molecule has 1 aromatic heterocycles. The average Bonchev–Trinajstić information content (AvgIpc) is 2.40. The van der Waals surface area contributed by atoms with Crippen LogP contribution in [0.25, 0.3) is 16.7 Å². The second-order valence-electron chi connectivity index (χ2n) is 4.25. The highest BCUT2D eigenvalue weighted by Crippen LogP contribution is 2.25. The van der Waals surface area contributed by atoms with Crippen LogP contribution in [0.15, 0.2) is 50.4 Å². The molecular formula is C14H6Cl3NO3. The van der Waals surface area contributed by atoms with Crippen molar-refractivity contribution in [1.82, 2.24) is 4.57 Å². The molecule has 0 unspecified atom stereocenters. The van der Waals surface area contributed by atoms with Gasteiger partial charge in [-0.3, -0.25) is 4.79 Å². The monoisotopic (exact) mass is 341 g/mol. The van der Waals surface area contributed by atoms with Gasteiger partial charge in [-0.1, -0.05) is 40.9 Å². The maximum atomic E-state index is 12.5. The Hall–Kier alpha value is -1.75. The number of benzene rings is 2. The number of halogens is 3. The molecule has 0 aliphatic rings. The maximum absolute atomic E-state index is 12.5. The first-order chi connectivity index (χ1) is 9.97. The minimum absolute atomic E-state index is 0.00865. The zero-order chi connectivity index (χ0) is 15.1. The van der Waals surface area contributed by atoms with Crippen molar-refractivity contribution in [2.45, 2.75) is 0 Å². The van der Waals surface area contributed by atoms with Crippen molar-refractivity contribution in [3.8, 4) is 5.69 Å². The number of nitrogens with zero attached hydrogens (tertiary/aromatic N) is 1. The van der Waals surface area contributed by atoms with Crippen molar-refractivity contribution in [2.75, 3.05) is 0 Å². The van der Waals surface area contributed by atoms with Crippen LogP contribution in [-0.2, 0) is 0 Å². The Balaban J connectivity index is 2.45. The van der Waals surface area contributed by atoms with Crippen LogP contribution in [0.5, 0.6) is 0 Å². The van der Waals surface area contributed by atoms with Crippen LogP contribution in [0.2, 0.25) is 15.1 Å². The first-order valence-electron chi connectivity index (χ1n) is 5.78. The van der Waals surface area contributed by atoms with Gasteiger partial charge in [-0.25, -0.2) is 9.36 Å². The Kier molecular flexibility index (Phi) is 3.53. The van der Waals surface area contributed by atoms with E-state index >= 15 is 0 Å². The Morgan fingerprint density at radius 3 is 2.43 bits per heavy atom. The second kappa shape index (κ2) is 5.22. The maximum Gasteiger partial charge on any atom is 0.427 e. The Labute approximate surface area is 133 Å². The molecule has 0 fully saturated rings. The minimum Gasteiger partial charge on any atom is -0.407 e.